The highest BCUT2D eigenvalue weighted by molar-refractivity contribution is 9.10. The van der Waals surface area contributed by atoms with E-state index in [-0.39, 0.29) is 5.56 Å². The molecule has 2 rings (SSSR count). The normalized spacial score (nSPS) is 15.0. The average molecular weight is 343 g/mol. The zero-order valence-electron chi connectivity index (χ0n) is 11.5. The SMILES string of the molecule is COCCn1ncc(NCC2=CCNCC2)c(Br)c1=O. The van der Waals surface area contributed by atoms with Gasteiger partial charge in [0.15, 0.2) is 0 Å². The van der Waals surface area contributed by atoms with Gasteiger partial charge in [-0.2, -0.15) is 5.10 Å². The van der Waals surface area contributed by atoms with Crippen LogP contribution < -0.4 is 16.2 Å². The van der Waals surface area contributed by atoms with E-state index in [2.05, 4.69) is 37.7 Å². The summed E-state index contributed by atoms with van der Waals surface area (Å²) >= 11 is 3.34. The molecule has 1 aliphatic rings. The Balaban J connectivity index is 2.03. The van der Waals surface area contributed by atoms with E-state index in [1.54, 1.807) is 13.3 Å². The molecule has 0 bridgehead atoms. The van der Waals surface area contributed by atoms with Crippen molar-refractivity contribution in [3.63, 3.8) is 0 Å². The van der Waals surface area contributed by atoms with E-state index < -0.39 is 0 Å². The number of nitrogens with one attached hydrogen (secondary N) is 2. The monoisotopic (exact) mass is 342 g/mol. The molecule has 2 heterocycles. The van der Waals surface area contributed by atoms with Crippen molar-refractivity contribution >= 4 is 21.6 Å². The van der Waals surface area contributed by atoms with Gasteiger partial charge in [0.05, 0.1) is 25.0 Å². The summed E-state index contributed by atoms with van der Waals surface area (Å²) in [5, 5.41) is 10.7. The van der Waals surface area contributed by atoms with Gasteiger partial charge in [-0.15, -0.1) is 0 Å². The van der Waals surface area contributed by atoms with Gasteiger partial charge in [-0.25, -0.2) is 4.68 Å². The minimum atomic E-state index is -0.147. The molecule has 20 heavy (non-hydrogen) atoms. The van der Waals surface area contributed by atoms with Gasteiger partial charge in [-0.05, 0) is 28.9 Å². The van der Waals surface area contributed by atoms with E-state index in [4.69, 9.17) is 4.74 Å². The Morgan fingerprint density at radius 1 is 1.60 bits per heavy atom. The van der Waals surface area contributed by atoms with Gasteiger partial charge in [0.25, 0.3) is 5.56 Å². The fourth-order valence-corrected chi connectivity index (χ4v) is 2.41. The number of methoxy groups -OCH3 is 1. The Bertz CT molecular complexity index is 542. The molecule has 0 radical (unpaired) electrons. The van der Waals surface area contributed by atoms with Crippen LogP contribution >= 0.6 is 15.9 Å². The van der Waals surface area contributed by atoms with E-state index in [9.17, 15) is 4.79 Å². The number of aromatic nitrogens is 2. The van der Waals surface area contributed by atoms with E-state index in [1.807, 2.05) is 0 Å². The zero-order chi connectivity index (χ0) is 14.4. The first-order valence-electron chi connectivity index (χ1n) is 6.59. The highest BCUT2D eigenvalue weighted by atomic mass is 79.9. The second kappa shape index (κ2) is 7.56. The van der Waals surface area contributed by atoms with Crippen molar-refractivity contribution in [3.8, 4) is 0 Å². The van der Waals surface area contributed by atoms with Crippen molar-refractivity contribution < 1.29 is 4.74 Å². The summed E-state index contributed by atoms with van der Waals surface area (Å²) in [7, 11) is 1.60. The van der Waals surface area contributed by atoms with Gasteiger partial charge in [0, 0.05) is 20.2 Å². The molecule has 110 valence electrons. The maximum Gasteiger partial charge on any atom is 0.283 e. The van der Waals surface area contributed by atoms with Crippen LogP contribution in [0.3, 0.4) is 0 Å². The molecule has 0 unspecified atom stereocenters. The largest absolute Gasteiger partial charge is 0.383 e. The molecule has 0 aliphatic carbocycles. The van der Waals surface area contributed by atoms with Gasteiger partial charge >= 0.3 is 0 Å². The maximum absolute atomic E-state index is 12.1. The minimum Gasteiger partial charge on any atom is -0.383 e. The van der Waals surface area contributed by atoms with Crippen LogP contribution in [0, 0.1) is 0 Å². The Hall–Kier alpha value is -1.18. The summed E-state index contributed by atoms with van der Waals surface area (Å²) in [5.74, 6) is 0. The lowest BCUT2D eigenvalue weighted by Gasteiger charge is -2.16. The number of rotatable bonds is 6. The molecule has 0 atom stereocenters. The van der Waals surface area contributed by atoms with Gasteiger partial charge in [-0.1, -0.05) is 11.6 Å². The van der Waals surface area contributed by atoms with Crippen molar-refractivity contribution in [2.24, 2.45) is 0 Å². The summed E-state index contributed by atoms with van der Waals surface area (Å²) in [5.41, 5.74) is 1.92. The van der Waals surface area contributed by atoms with E-state index in [1.165, 1.54) is 10.3 Å². The Morgan fingerprint density at radius 3 is 3.15 bits per heavy atom. The third-order valence-corrected chi connectivity index (χ3v) is 3.92. The van der Waals surface area contributed by atoms with Crippen LogP contribution in [0.4, 0.5) is 5.69 Å². The highest BCUT2D eigenvalue weighted by Gasteiger charge is 2.09. The molecule has 1 aliphatic heterocycles. The predicted octanol–water partition coefficient (Wildman–Crippen LogP) is 0.984. The molecule has 0 spiro atoms. The van der Waals surface area contributed by atoms with Crippen LogP contribution in [0.25, 0.3) is 0 Å². The number of ether oxygens (including phenoxy) is 1. The summed E-state index contributed by atoms with van der Waals surface area (Å²) in [4.78, 5) is 12.1. The quantitative estimate of drug-likeness (QED) is 0.754. The van der Waals surface area contributed by atoms with Crippen LogP contribution in [0.2, 0.25) is 0 Å². The average Bonchev–Trinajstić information content (AvgIpc) is 2.49. The molecule has 7 heteroatoms. The Morgan fingerprint density at radius 2 is 2.45 bits per heavy atom. The Kier molecular flexibility index (Phi) is 5.75. The lowest BCUT2D eigenvalue weighted by Crippen LogP contribution is -2.27. The van der Waals surface area contributed by atoms with Crippen molar-refractivity contribution in [1.82, 2.24) is 15.1 Å². The van der Waals surface area contributed by atoms with E-state index >= 15 is 0 Å². The summed E-state index contributed by atoms with van der Waals surface area (Å²) in [6.07, 6.45) is 4.88. The first-order chi connectivity index (χ1) is 9.72. The van der Waals surface area contributed by atoms with Crippen molar-refractivity contribution in [2.45, 2.75) is 13.0 Å². The molecule has 2 N–H and O–H groups in total. The van der Waals surface area contributed by atoms with Crippen molar-refractivity contribution in [2.75, 3.05) is 38.7 Å². The standard InChI is InChI=1S/C13H19BrN4O2/c1-20-7-6-18-13(19)12(14)11(9-17-18)16-8-10-2-4-15-5-3-10/h2,9,15-16H,3-8H2,1H3. The van der Waals surface area contributed by atoms with E-state index in [0.717, 1.165) is 31.7 Å². The number of nitrogens with zero attached hydrogens (tertiary/aromatic N) is 2. The van der Waals surface area contributed by atoms with Crippen LogP contribution in [-0.4, -0.2) is 43.1 Å². The molecular formula is C13H19BrN4O2. The van der Waals surface area contributed by atoms with Gasteiger partial charge < -0.3 is 15.4 Å². The van der Waals surface area contributed by atoms with Gasteiger partial charge in [0.2, 0.25) is 0 Å². The summed E-state index contributed by atoms with van der Waals surface area (Å²) < 4.78 is 6.86. The van der Waals surface area contributed by atoms with Crippen LogP contribution in [0.1, 0.15) is 6.42 Å². The number of anilines is 1. The molecular weight excluding hydrogens is 324 g/mol. The van der Waals surface area contributed by atoms with Crippen molar-refractivity contribution in [1.29, 1.82) is 0 Å². The summed E-state index contributed by atoms with van der Waals surface area (Å²) in [6, 6.07) is 0. The van der Waals surface area contributed by atoms with Crippen LogP contribution in [0.5, 0.6) is 0 Å². The van der Waals surface area contributed by atoms with Crippen molar-refractivity contribution in [3.05, 3.63) is 32.7 Å². The molecule has 6 nitrogen and oxygen atoms in total. The first kappa shape index (κ1) is 15.2. The predicted molar refractivity (Wildman–Crippen MR) is 82.1 cm³/mol. The van der Waals surface area contributed by atoms with Crippen LogP contribution in [-0.2, 0) is 11.3 Å². The molecule has 1 aromatic rings. The molecule has 1 aromatic heterocycles. The second-order valence-electron chi connectivity index (χ2n) is 4.56. The maximum atomic E-state index is 12.1. The molecule has 0 fully saturated rings. The van der Waals surface area contributed by atoms with Gasteiger partial charge in [0.1, 0.15) is 4.47 Å². The molecule has 0 aromatic carbocycles. The smallest absolute Gasteiger partial charge is 0.283 e. The van der Waals surface area contributed by atoms with Gasteiger partial charge in [-0.3, -0.25) is 4.79 Å². The van der Waals surface area contributed by atoms with Crippen LogP contribution in [0.15, 0.2) is 27.1 Å². The molecule has 0 amide bonds. The Labute approximate surface area is 126 Å². The topological polar surface area (TPSA) is 68.2 Å². The fourth-order valence-electron chi connectivity index (χ4n) is 1.96. The number of halogens is 1. The number of hydrogen-bond donors (Lipinski definition) is 2. The second-order valence-corrected chi connectivity index (χ2v) is 5.36. The lowest BCUT2D eigenvalue weighted by atomic mass is 10.1. The third kappa shape index (κ3) is 3.91. The summed E-state index contributed by atoms with van der Waals surface area (Å²) in [6.45, 7) is 3.57. The molecule has 0 saturated heterocycles. The van der Waals surface area contributed by atoms with E-state index in [0.29, 0.717) is 17.6 Å². The lowest BCUT2D eigenvalue weighted by molar-refractivity contribution is 0.181. The molecule has 0 saturated carbocycles. The third-order valence-electron chi connectivity index (χ3n) is 3.16. The number of hydrogen-bond acceptors (Lipinski definition) is 5. The first-order valence-corrected chi connectivity index (χ1v) is 7.38. The fraction of sp³-hybridized carbons (Fsp3) is 0.538. The zero-order valence-corrected chi connectivity index (χ0v) is 13.1. The minimum absolute atomic E-state index is 0.147. The highest BCUT2D eigenvalue weighted by Crippen LogP contribution is 2.17.